The van der Waals surface area contributed by atoms with Crippen molar-refractivity contribution in [3.8, 4) is 11.5 Å². The molecule has 0 saturated heterocycles. The first-order valence-electron chi connectivity index (χ1n) is 7.03. The van der Waals surface area contributed by atoms with Crippen LogP contribution in [0.25, 0.3) is 6.08 Å². The Morgan fingerprint density at radius 1 is 1.35 bits per heavy atom. The Morgan fingerprint density at radius 2 is 2.15 bits per heavy atom. The van der Waals surface area contributed by atoms with Crippen LogP contribution in [-0.4, -0.2) is 23.4 Å². The fraction of sp³-hybridized carbons (Fsp3) is 0.412. The highest BCUT2D eigenvalue weighted by molar-refractivity contribution is 5.65. The summed E-state index contributed by atoms with van der Waals surface area (Å²) in [6.45, 7) is 6.66. The highest BCUT2D eigenvalue weighted by atomic mass is 16.5. The number of aromatic hydroxyl groups is 1. The number of ether oxygens (including phenoxy) is 1. The molecule has 1 heterocycles. The number of aryl methyl sites for hydroxylation is 1. The van der Waals surface area contributed by atoms with Gasteiger partial charge in [0.05, 0.1) is 0 Å². The number of phenolic OH excluding ortho intramolecular Hbond substituents is 1. The van der Waals surface area contributed by atoms with Gasteiger partial charge in [-0.3, -0.25) is 0 Å². The minimum Gasteiger partial charge on any atom is -0.508 e. The van der Waals surface area contributed by atoms with Gasteiger partial charge < -0.3 is 14.9 Å². The van der Waals surface area contributed by atoms with Crippen LogP contribution in [0, 0.1) is 0 Å². The van der Waals surface area contributed by atoms with Gasteiger partial charge in [-0.2, -0.15) is 0 Å². The van der Waals surface area contributed by atoms with E-state index in [-0.39, 0.29) is 12.4 Å². The number of rotatable bonds is 6. The van der Waals surface area contributed by atoms with Crippen molar-refractivity contribution < 1.29 is 14.9 Å². The standard InChI is InChI=1S/C17H22O3/c1-12(2)5-6-13-8-15-9-14(4-3-7-18)16(19)10-17(15)20-11-13/h8-10,18-19H,1,3-7,11H2,2H3. The molecule has 0 spiro atoms. The van der Waals surface area contributed by atoms with Crippen LogP contribution in [0.2, 0.25) is 0 Å². The maximum absolute atomic E-state index is 9.94. The molecule has 0 fully saturated rings. The third-order valence-corrected chi connectivity index (χ3v) is 3.46. The largest absolute Gasteiger partial charge is 0.508 e. The first-order chi connectivity index (χ1) is 9.60. The predicted octanol–water partition coefficient (Wildman–Crippen LogP) is 3.45. The molecule has 108 valence electrons. The van der Waals surface area contributed by atoms with Crippen LogP contribution in [0.4, 0.5) is 0 Å². The monoisotopic (exact) mass is 274 g/mol. The van der Waals surface area contributed by atoms with Crippen molar-refractivity contribution in [2.45, 2.75) is 32.6 Å². The average Bonchev–Trinajstić information content (AvgIpc) is 2.42. The predicted molar refractivity (Wildman–Crippen MR) is 81.0 cm³/mol. The zero-order valence-corrected chi connectivity index (χ0v) is 12.0. The van der Waals surface area contributed by atoms with Crippen molar-refractivity contribution in [3.63, 3.8) is 0 Å². The van der Waals surface area contributed by atoms with E-state index in [1.165, 1.54) is 11.1 Å². The first-order valence-corrected chi connectivity index (χ1v) is 7.03. The van der Waals surface area contributed by atoms with E-state index >= 15 is 0 Å². The summed E-state index contributed by atoms with van der Waals surface area (Å²) < 4.78 is 5.70. The van der Waals surface area contributed by atoms with E-state index in [9.17, 15) is 5.11 Å². The van der Waals surface area contributed by atoms with Crippen molar-refractivity contribution >= 4 is 6.08 Å². The van der Waals surface area contributed by atoms with Gasteiger partial charge in [0.25, 0.3) is 0 Å². The van der Waals surface area contributed by atoms with Gasteiger partial charge in [-0.25, -0.2) is 0 Å². The topological polar surface area (TPSA) is 49.7 Å². The quantitative estimate of drug-likeness (QED) is 0.781. The number of hydrogen-bond donors (Lipinski definition) is 2. The van der Waals surface area contributed by atoms with Gasteiger partial charge in [-0.15, -0.1) is 6.58 Å². The maximum atomic E-state index is 9.94. The molecular weight excluding hydrogens is 252 g/mol. The molecule has 2 rings (SSSR count). The van der Waals surface area contributed by atoms with Crippen molar-refractivity contribution in [1.29, 1.82) is 0 Å². The van der Waals surface area contributed by atoms with Crippen LogP contribution in [0.1, 0.15) is 37.3 Å². The Labute approximate surface area is 120 Å². The van der Waals surface area contributed by atoms with E-state index in [1.807, 2.05) is 13.0 Å². The van der Waals surface area contributed by atoms with E-state index in [4.69, 9.17) is 9.84 Å². The summed E-state index contributed by atoms with van der Waals surface area (Å²) in [7, 11) is 0. The van der Waals surface area contributed by atoms with Crippen molar-refractivity contribution in [3.05, 3.63) is 41.0 Å². The number of aliphatic hydroxyl groups excluding tert-OH is 1. The summed E-state index contributed by atoms with van der Waals surface area (Å²) in [6, 6.07) is 3.63. The highest BCUT2D eigenvalue weighted by Crippen LogP contribution is 2.34. The normalized spacial score (nSPS) is 13.4. The highest BCUT2D eigenvalue weighted by Gasteiger charge is 2.14. The second-order valence-electron chi connectivity index (χ2n) is 5.39. The van der Waals surface area contributed by atoms with E-state index < -0.39 is 0 Å². The lowest BCUT2D eigenvalue weighted by Crippen LogP contribution is -2.08. The summed E-state index contributed by atoms with van der Waals surface area (Å²) in [5.74, 6) is 0.977. The molecule has 2 N–H and O–H groups in total. The minimum atomic E-state index is 0.132. The number of aliphatic hydroxyl groups is 1. The number of fused-ring (bicyclic) bond motifs is 1. The summed E-state index contributed by atoms with van der Waals surface area (Å²) >= 11 is 0. The van der Waals surface area contributed by atoms with Crippen LogP contribution < -0.4 is 4.74 Å². The van der Waals surface area contributed by atoms with Gasteiger partial charge in [0.15, 0.2) is 0 Å². The SMILES string of the molecule is C=C(C)CCC1=Cc2cc(CCCO)c(O)cc2OC1. The minimum absolute atomic E-state index is 0.132. The zero-order chi connectivity index (χ0) is 14.5. The Bertz CT molecular complexity index is 529. The lowest BCUT2D eigenvalue weighted by atomic mass is 9.98. The van der Waals surface area contributed by atoms with Crippen LogP contribution >= 0.6 is 0 Å². The van der Waals surface area contributed by atoms with Gasteiger partial charge in [-0.05, 0) is 55.9 Å². The lowest BCUT2D eigenvalue weighted by molar-refractivity contribution is 0.288. The fourth-order valence-electron chi connectivity index (χ4n) is 2.29. The van der Waals surface area contributed by atoms with E-state index in [1.54, 1.807) is 6.07 Å². The molecule has 1 aliphatic heterocycles. The van der Waals surface area contributed by atoms with Gasteiger partial charge in [0.1, 0.15) is 18.1 Å². The van der Waals surface area contributed by atoms with E-state index in [0.717, 1.165) is 29.7 Å². The van der Waals surface area contributed by atoms with Gasteiger partial charge in [0.2, 0.25) is 0 Å². The van der Waals surface area contributed by atoms with Crippen LogP contribution in [0.15, 0.2) is 29.9 Å². The molecule has 0 amide bonds. The molecule has 0 saturated carbocycles. The number of benzene rings is 1. The number of phenols is 1. The second-order valence-corrected chi connectivity index (χ2v) is 5.39. The summed E-state index contributed by atoms with van der Waals surface area (Å²) in [6.07, 6.45) is 5.40. The molecule has 1 aromatic carbocycles. The molecular formula is C17H22O3. The van der Waals surface area contributed by atoms with Gasteiger partial charge >= 0.3 is 0 Å². The van der Waals surface area contributed by atoms with Gasteiger partial charge in [-0.1, -0.05) is 5.57 Å². The molecule has 20 heavy (non-hydrogen) atoms. The van der Waals surface area contributed by atoms with Crippen molar-refractivity contribution in [1.82, 2.24) is 0 Å². The van der Waals surface area contributed by atoms with Crippen molar-refractivity contribution in [2.24, 2.45) is 0 Å². The molecule has 0 unspecified atom stereocenters. The Hall–Kier alpha value is -1.74. The molecule has 0 bridgehead atoms. The fourth-order valence-corrected chi connectivity index (χ4v) is 2.29. The molecule has 3 heteroatoms. The second kappa shape index (κ2) is 6.62. The van der Waals surface area contributed by atoms with Crippen LogP contribution in [0.5, 0.6) is 11.5 Å². The van der Waals surface area contributed by atoms with Crippen LogP contribution in [-0.2, 0) is 6.42 Å². The molecule has 1 aromatic rings. The van der Waals surface area contributed by atoms with E-state index in [0.29, 0.717) is 19.4 Å². The summed E-state index contributed by atoms with van der Waals surface area (Å²) in [5.41, 5.74) is 4.29. The average molecular weight is 274 g/mol. The zero-order valence-electron chi connectivity index (χ0n) is 12.0. The van der Waals surface area contributed by atoms with Crippen LogP contribution in [0.3, 0.4) is 0 Å². The molecule has 0 radical (unpaired) electrons. The third-order valence-electron chi connectivity index (χ3n) is 3.46. The first kappa shape index (κ1) is 14.7. The molecule has 0 aliphatic carbocycles. The molecule has 0 atom stereocenters. The molecule has 0 aromatic heterocycles. The Balaban J connectivity index is 2.18. The van der Waals surface area contributed by atoms with Gasteiger partial charge in [0, 0.05) is 18.2 Å². The maximum Gasteiger partial charge on any atom is 0.130 e. The summed E-state index contributed by atoms with van der Waals surface area (Å²) in [4.78, 5) is 0. The van der Waals surface area contributed by atoms with Crippen molar-refractivity contribution in [2.75, 3.05) is 13.2 Å². The Morgan fingerprint density at radius 3 is 2.85 bits per heavy atom. The number of hydrogen-bond acceptors (Lipinski definition) is 3. The Kier molecular flexibility index (Phi) is 4.85. The summed E-state index contributed by atoms with van der Waals surface area (Å²) in [5, 5.41) is 18.8. The molecule has 1 aliphatic rings. The molecule has 3 nitrogen and oxygen atoms in total. The lowest BCUT2D eigenvalue weighted by Gasteiger charge is -2.19. The smallest absolute Gasteiger partial charge is 0.130 e. The third kappa shape index (κ3) is 3.64. The van der Waals surface area contributed by atoms with E-state index in [2.05, 4.69) is 12.7 Å². The number of allylic oxidation sites excluding steroid dienone is 1.